The van der Waals surface area contributed by atoms with Crippen molar-refractivity contribution in [2.24, 2.45) is 5.41 Å². The molecule has 0 aliphatic rings. The highest BCUT2D eigenvalue weighted by Gasteiger charge is 2.28. The monoisotopic (exact) mass is 424 g/mol. The van der Waals surface area contributed by atoms with Crippen LogP contribution >= 0.6 is 22.6 Å². The third-order valence-electron chi connectivity index (χ3n) is 4.39. The second kappa shape index (κ2) is 14.8. The van der Waals surface area contributed by atoms with E-state index >= 15 is 0 Å². The van der Waals surface area contributed by atoms with Crippen LogP contribution < -0.4 is 0 Å². The van der Waals surface area contributed by atoms with Crippen LogP contribution in [0.2, 0.25) is 0 Å². The van der Waals surface area contributed by atoms with E-state index in [0.717, 1.165) is 12.8 Å². The average Bonchev–Trinajstić information content (AvgIpc) is 2.48. The van der Waals surface area contributed by atoms with Gasteiger partial charge in [0.15, 0.2) is 0 Å². The van der Waals surface area contributed by atoms with Gasteiger partial charge in [0.1, 0.15) is 4.61 Å². The fraction of sp³-hybridized carbons (Fsp3) is 0.947. The van der Waals surface area contributed by atoms with Crippen molar-refractivity contribution in [1.82, 2.24) is 0 Å². The van der Waals surface area contributed by atoms with Crippen molar-refractivity contribution in [1.29, 1.82) is 0 Å². The van der Waals surface area contributed by atoms with Gasteiger partial charge in [-0.2, -0.15) is 0 Å². The Morgan fingerprint density at radius 2 is 1.23 bits per heavy atom. The third kappa shape index (κ3) is 12.7. The van der Waals surface area contributed by atoms with E-state index in [1.807, 2.05) is 13.8 Å². The molecule has 0 radical (unpaired) electrons. The van der Waals surface area contributed by atoms with Crippen molar-refractivity contribution < 1.29 is 9.53 Å². The van der Waals surface area contributed by atoms with Crippen molar-refractivity contribution in [3.8, 4) is 0 Å². The van der Waals surface area contributed by atoms with Crippen molar-refractivity contribution >= 4 is 28.6 Å². The van der Waals surface area contributed by atoms with Gasteiger partial charge in [0.2, 0.25) is 0 Å². The first-order valence-electron chi connectivity index (χ1n) is 9.27. The van der Waals surface area contributed by atoms with Gasteiger partial charge in [-0.3, -0.25) is 4.79 Å². The maximum absolute atomic E-state index is 11.8. The van der Waals surface area contributed by atoms with E-state index < -0.39 is 0 Å². The van der Waals surface area contributed by atoms with Gasteiger partial charge in [-0.25, -0.2) is 0 Å². The fourth-order valence-electron chi connectivity index (χ4n) is 2.75. The minimum Gasteiger partial charge on any atom is -0.455 e. The van der Waals surface area contributed by atoms with Crippen LogP contribution in [0, 0.1) is 5.41 Å². The predicted molar refractivity (Wildman–Crippen MR) is 104 cm³/mol. The lowest BCUT2D eigenvalue weighted by atomic mass is 9.87. The van der Waals surface area contributed by atoms with Crippen molar-refractivity contribution in [2.45, 2.75) is 104 Å². The molecule has 0 aromatic heterocycles. The topological polar surface area (TPSA) is 26.3 Å². The maximum Gasteiger partial charge on any atom is 0.312 e. The van der Waals surface area contributed by atoms with Crippen LogP contribution in [0.15, 0.2) is 0 Å². The molecule has 0 unspecified atom stereocenters. The Kier molecular flexibility index (Phi) is 14.9. The van der Waals surface area contributed by atoms with Gasteiger partial charge in [-0.05, 0) is 42.9 Å². The highest BCUT2D eigenvalue weighted by Crippen LogP contribution is 2.26. The molecule has 0 saturated carbocycles. The van der Waals surface area contributed by atoms with Crippen molar-refractivity contribution in [3.05, 3.63) is 0 Å². The molecule has 0 aromatic rings. The zero-order valence-corrected chi connectivity index (χ0v) is 17.3. The minimum absolute atomic E-state index is 0.0510. The van der Waals surface area contributed by atoms with E-state index in [9.17, 15) is 4.79 Å². The first kappa shape index (κ1) is 22.2. The number of halogens is 1. The summed E-state index contributed by atoms with van der Waals surface area (Å²) >= 11 is 2.08. The average molecular weight is 424 g/mol. The SMILES string of the molecule is CCCCCCCCCCCCCCC(C)(C)C(=O)OCI. The Balaban J connectivity index is 3.34. The van der Waals surface area contributed by atoms with Gasteiger partial charge in [0.25, 0.3) is 0 Å². The van der Waals surface area contributed by atoms with Crippen molar-refractivity contribution in [2.75, 3.05) is 4.61 Å². The first-order chi connectivity index (χ1) is 10.5. The summed E-state index contributed by atoms with van der Waals surface area (Å²) in [5.41, 5.74) is -0.316. The van der Waals surface area contributed by atoms with Gasteiger partial charge in [-0.15, -0.1) is 0 Å². The molecule has 0 fully saturated rings. The molecule has 2 nitrogen and oxygen atoms in total. The Morgan fingerprint density at radius 1 is 0.818 bits per heavy atom. The molecule has 0 amide bonds. The smallest absolute Gasteiger partial charge is 0.312 e. The van der Waals surface area contributed by atoms with Crippen LogP contribution in [-0.4, -0.2) is 10.6 Å². The number of hydrogen-bond donors (Lipinski definition) is 0. The number of carbonyl (C=O) groups is 1. The molecule has 0 bridgehead atoms. The summed E-state index contributed by atoms with van der Waals surface area (Å²) in [4.78, 5) is 11.8. The molecule has 3 heteroatoms. The summed E-state index contributed by atoms with van der Waals surface area (Å²) in [7, 11) is 0. The molecule has 132 valence electrons. The summed E-state index contributed by atoms with van der Waals surface area (Å²) in [5.74, 6) is -0.0510. The summed E-state index contributed by atoms with van der Waals surface area (Å²) in [6.07, 6.45) is 17.2. The summed E-state index contributed by atoms with van der Waals surface area (Å²) in [6, 6.07) is 0. The van der Waals surface area contributed by atoms with E-state index in [1.165, 1.54) is 70.6 Å². The Labute approximate surface area is 152 Å². The number of ether oxygens (including phenoxy) is 1. The number of unbranched alkanes of at least 4 members (excludes halogenated alkanes) is 11. The molecule has 0 aromatic carbocycles. The van der Waals surface area contributed by atoms with Gasteiger partial charge in [-0.1, -0.05) is 84.0 Å². The van der Waals surface area contributed by atoms with Crippen LogP contribution in [0.1, 0.15) is 104 Å². The van der Waals surface area contributed by atoms with Gasteiger partial charge >= 0.3 is 5.97 Å². The summed E-state index contributed by atoms with van der Waals surface area (Å²) < 4.78 is 5.57. The van der Waals surface area contributed by atoms with Gasteiger partial charge < -0.3 is 4.74 Å². The number of rotatable bonds is 15. The number of esters is 1. The van der Waals surface area contributed by atoms with E-state index in [4.69, 9.17) is 4.74 Å². The Hall–Kier alpha value is 0.200. The highest BCUT2D eigenvalue weighted by atomic mass is 127. The van der Waals surface area contributed by atoms with E-state index in [0.29, 0.717) is 4.61 Å². The maximum atomic E-state index is 11.8. The molecule has 0 N–H and O–H groups in total. The molecule has 0 saturated heterocycles. The van der Waals surface area contributed by atoms with Gasteiger partial charge in [0.05, 0.1) is 5.41 Å². The summed E-state index contributed by atoms with van der Waals surface area (Å²) in [6.45, 7) is 6.27. The molecule has 0 aliphatic heterocycles. The fourth-order valence-corrected chi connectivity index (χ4v) is 3.04. The highest BCUT2D eigenvalue weighted by molar-refractivity contribution is 14.1. The standard InChI is InChI=1S/C19H37IO2/c1-4-5-6-7-8-9-10-11-12-13-14-15-16-19(2,3)18(21)22-17-20/h4-17H2,1-3H3. The number of alkyl halides is 1. The number of hydrogen-bond acceptors (Lipinski definition) is 2. The minimum atomic E-state index is -0.316. The van der Waals surface area contributed by atoms with Crippen LogP contribution in [0.25, 0.3) is 0 Å². The van der Waals surface area contributed by atoms with E-state index in [2.05, 4.69) is 29.5 Å². The lowest BCUT2D eigenvalue weighted by Crippen LogP contribution is -2.26. The Bertz CT molecular complexity index is 264. The molecule has 0 spiro atoms. The molecule has 0 aliphatic carbocycles. The van der Waals surface area contributed by atoms with Gasteiger partial charge in [0, 0.05) is 0 Å². The van der Waals surface area contributed by atoms with E-state index in [-0.39, 0.29) is 11.4 Å². The summed E-state index contributed by atoms with van der Waals surface area (Å²) in [5, 5.41) is 0. The molecule has 0 rings (SSSR count). The van der Waals surface area contributed by atoms with Crippen LogP contribution in [0.4, 0.5) is 0 Å². The molecule has 22 heavy (non-hydrogen) atoms. The predicted octanol–water partition coefficient (Wildman–Crippen LogP) is 7.04. The Morgan fingerprint density at radius 3 is 1.64 bits per heavy atom. The normalized spacial score (nSPS) is 11.6. The second-order valence-corrected chi connectivity index (χ2v) is 7.69. The van der Waals surface area contributed by atoms with Crippen LogP contribution in [-0.2, 0) is 9.53 Å². The van der Waals surface area contributed by atoms with Crippen molar-refractivity contribution in [3.63, 3.8) is 0 Å². The molecular formula is C19H37IO2. The van der Waals surface area contributed by atoms with Crippen LogP contribution in [0.5, 0.6) is 0 Å². The second-order valence-electron chi connectivity index (χ2n) is 7.06. The lowest BCUT2D eigenvalue weighted by molar-refractivity contribution is -0.151. The quantitative estimate of drug-likeness (QED) is 0.122. The lowest BCUT2D eigenvalue weighted by Gasteiger charge is -2.21. The zero-order valence-electron chi connectivity index (χ0n) is 15.1. The molecular weight excluding hydrogens is 387 g/mol. The zero-order chi connectivity index (χ0) is 16.7. The molecule has 0 atom stereocenters. The van der Waals surface area contributed by atoms with E-state index in [1.54, 1.807) is 0 Å². The number of carbonyl (C=O) groups excluding carboxylic acids is 1. The van der Waals surface area contributed by atoms with Crippen LogP contribution in [0.3, 0.4) is 0 Å². The third-order valence-corrected chi connectivity index (χ3v) is 4.70. The largest absolute Gasteiger partial charge is 0.455 e. The first-order valence-corrected chi connectivity index (χ1v) is 10.8. The molecule has 0 heterocycles.